The molecule has 1 fully saturated rings. The summed E-state index contributed by atoms with van der Waals surface area (Å²) in [7, 11) is 1.99. The quantitative estimate of drug-likeness (QED) is 0.515. The topological polar surface area (TPSA) is 73.6 Å². The number of rotatable bonds is 4. The molecule has 0 spiro atoms. The SMILES string of the molecule is CN1CCN(Cc2ccc(NC(=O)Nc3ccc(Br)c4cnoc34)cc2C(F)(F)F)CC1. The summed E-state index contributed by atoms with van der Waals surface area (Å²) in [6.45, 7) is 3.25. The monoisotopic (exact) mass is 511 g/mol. The lowest BCUT2D eigenvalue weighted by Gasteiger charge is -2.33. The van der Waals surface area contributed by atoms with Crippen LogP contribution in [0.5, 0.6) is 0 Å². The normalized spacial score (nSPS) is 15.8. The molecule has 0 atom stereocenters. The van der Waals surface area contributed by atoms with Crippen LogP contribution >= 0.6 is 15.9 Å². The van der Waals surface area contributed by atoms with Gasteiger partial charge in [-0.3, -0.25) is 4.90 Å². The highest BCUT2D eigenvalue weighted by Crippen LogP contribution is 2.35. The number of likely N-dealkylation sites (N-methyl/N-ethyl adjacent to an activating group) is 1. The van der Waals surface area contributed by atoms with Crippen molar-refractivity contribution in [3.05, 3.63) is 52.1 Å². The molecule has 2 N–H and O–H groups in total. The summed E-state index contributed by atoms with van der Waals surface area (Å²) in [5.74, 6) is 0. The Labute approximate surface area is 190 Å². The lowest BCUT2D eigenvalue weighted by atomic mass is 10.0. The molecule has 0 bridgehead atoms. The Hall–Kier alpha value is -2.63. The van der Waals surface area contributed by atoms with Crippen LogP contribution in [0.15, 0.2) is 45.5 Å². The van der Waals surface area contributed by atoms with Crippen LogP contribution in [-0.4, -0.2) is 54.2 Å². The molecule has 0 aliphatic carbocycles. The number of aromatic nitrogens is 1. The maximum atomic E-state index is 13.7. The van der Waals surface area contributed by atoms with E-state index in [1.807, 2.05) is 11.9 Å². The maximum absolute atomic E-state index is 13.7. The van der Waals surface area contributed by atoms with Gasteiger partial charge >= 0.3 is 12.2 Å². The minimum atomic E-state index is -4.53. The zero-order valence-corrected chi connectivity index (χ0v) is 18.8. The summed E-state index contributed by atoms with van der Waals surface area (Å²) in [5.41, 5.74) is 0.177. The molecule has 32 heavy (non-hydrogen) atoms. The summed E-state index contributed by atoms with van der Waals surface area (Å²) in [6, 6.07) is 6.50. The van der Waals surface area contributed by atoms with E-state index in [2.05, 4.69) is 36.6 Å². The minimum Gasteiger partial charge on any atom is -0.354 e. The molecular formula is C21H21BrF3N5O2. The van der Waals surface area contributed by atoms with Gasteiger partial charge in [-0.1, -0.05) is 11.2 Å². The number of piperazine rings is 1. The Morgan fingerprint density at radius 2 is 1.91 bits per heavy atom. The van der Waals surface area contributed by atoms with Crippen molar-refractivity contribution in [1.29, 1.82) is 0 Å². The van der Waals surface area contributed by atoms with Crippen molar-refractivity contribution < 1.29 is 22.5 Å². The number of nitrogens with one attached hydrogen (secondary N) is 2. The van der Waals surface area contributed by atoms with E-state index in [9.17, 15) is 18.0 Å². The molecule has 170 valence electrons. The highest BCUT2D eigenvalue weighted by atomic mass is 79.9. The Morgan fingerprint density at radius 3 is 2.62 bits per heavy atom. The van der Waals surface area contributed by atoms with Crippen LogP contribution in [-0.2, 0) is 12.7 Å². The zero-order valence-electron chi connectivity index (χ0n) is 17.2. The largest absolute Gasteiger partial charge is 0.416 e. The highest BCUT2D eigenvalue weighted by Gasteiger charge is 2.34. The fourth-order valence-electron chi connectivity index (χ4n) is 3.61. The number of nitrogens with zero attached hydrogens (tertiary/aromatic N) is 3. The second-order valence-corrected chi connectivity index (χ2v) is 8.55. The number of alkyl halides is 3. The maximum Gasteiger partial charge on any atom is 0.416 e. The van der Waals surface area contributed by atoms with Gasteiger partial charge < -0.3 is 20.1 Å². The van der Waals surface area contributed by atoms with Crippen molar-refractivity contribution in [1.82, 2.24) is 15.0 Å². The van der Waals surface area contributed by atoms with E-state index in [-0.39, 0.29) is 17.8 Å². The van der Waals surface area contributed by atoms with E-state index in [0.29, 0.717) is 29.7 Å². The molecule has 2 aromatic carbocycles. The number of urea groups is 1. The van der Waals surface area contributed by atoms with E-state index in [1.165, 1.54) is 18.3 Å². The number of hydrogen-bond donors (Lipinski definition) is 2. The molecule has 1 aromatic heterocycles. The molecule has 1 saturated heterocycles. The Balaban J connectivity index is 1.50. The summed E-state index contributed by atoms with van der Waals surface area (Å²) in [6.07, 6.45) is -3.04. The van der Waals surface area contributed by atoms with Gasteiger partial charge in [0, 0.05) is 42.9 Å². The summed E-state index contributed by atoms with van der Waals surface area (Å²) in [5, 5.41) is 9.43. The third-order valence-corrected chi connectivity index (χ3v) is 6.07. The Kier molecular flexibility index (Phi) is 6.40. The lowest BCUT2D eigenvalue weighted by molar-refractivity contribution is -0.138. The Bertz CT molecular complexity index is 1130. The third-order valence-electron chi connectivity index (χ3n) is 5.38. The number of hydrogen-bond acceptors (Lipinski definition) is 5. The number of benzene rings is 2. The fourth-order valence-corrected chi connectivity index (χ4v) is 4.03. The van der Waals surface area contributed by atoms with E-state index >= 15 is 0 Å². The van der Waals surface area contributed by atoms with Crippen molar-refractivity contribution in [2.24, 2.45) is 0 Å². The van der Waals surface area contributed by atoms with E-state index < -0.39 is 17.8 Å². The van der Waals surface area contributed by atoms with E-state index in [0.717, 1.165) is 23.6 Å². The lowest BCUT2D eigenvalue weighted by Crippen LogP contribution is -2.44. The van der Waals surface area contributed by atoms with Crippen molar-refractivity contribution in [2.75, 3.05) is 43.9 Å². The molecule has 7 nitrogen and oxygen atoms in total. The first-order valence-corrected chi connectivity index (χ1v) is 10.7. The van der Waals surface area contributed by atoms with Crippen LogP contribution < -0.4 is 10.6 Å². The van der Waals surface area contributed by atoms with Crippen molar-refractivity contribution in [3.63, 3.8) is 0 Å². The molecule has 1 aliphatic heterocycles. The number of fused-ring (bicyclic) bond motifs is 1. The van der Waals surface area contributed by atoms with Crippen LogP contribution in [0, 0.1) is 0 Å². The molecule has 11 heteroatoms. The van der Waals surface area contributed by atoms with Crippen molar-refractivity contribution >= 4 is 44.3 Å². The predicted octanol–water partition coefficient (Wildman–Crippen LogP) is 5.00. The smallest absolute Gasteiger partial charge is 0.354 e. The molecule has 0 saturated carbocycles. The standard InChI is InChI=1S/C21H21BrF3N5O2/c1-29-6-8-30(9-7-29)12-13-2-3-14(10-16(13)21(23,24)25)27-20(31)28-18-5-4-17(22)15-11-26-32-19(15)18/h2-5,10-11H,6-9,12H2,1H3,(H2,27,28,31). The van der Waals surface area contributed by atoms with E-state index in [4.69, 9.17) is 4.52 Å². The van der Waals surface area contributed by atoms with Gasteiger partial charge in [0.2, 0.25) is 0 Å². The fraction of sp³-hybridized carbons (Fsp3) is 0.333. The molecule has 3 aromatic rings. The van der Waals surface area contributed by atoms with Gasteiger partial charge in [0.05, 0.1) is 22.8 Å². The average molecular weight is 512 g/mol. The van der Waals surface area contributed by atoms with Gasteiger partial charge in [0.1, 0.15) is 0 Å². The summed E-state index contributed by atoms with van der Waals surface area (Å²) >= 11 is 3.36. The molecule has 2 amide bonds. The van der Waals surface area contributed by atoms with Crippen LogP contribution in [0.1, 0.15) is 11.1 Å². The van der Waals surface area contributed by atoms with E-state index in [1.54, 1.807) is 12.1 Å². The number of amides is 2. The van der Waals surface area contributed by atoms with Crippen LogP contribution in [0.2, 0.25) is 0 Å². The molecule has 0 radical (unpaired) electrons. The van der Waals surface area contributed by atoms with Gasteiger partial charge in [-0.25, -0.2) is 4.79 Å². The average Bonchev–Trinajstić information content (AvgIpc) is 3.23. The zero-order chi connectivity index (χ0) is 22.9. The van der Waals surface area contributed by atoms with Gasteiger partial charge in [-0.15, -0.1) is 0 Å². The minimum absolute atomic E-state index is 0.0443. The van der Waals surface area contributed by atoms with Crippen LogP contribution in [0.3, 0.4) is 0 Å². The van der Waals surface area contributed by atoms with Gasteiger partial charge in [0.25, 0.3) is 0 Å². The van der Waals surface area contributed by atoms with Crippen molar-refractivity contribution in [3.8, 4) is 0 Å². The van der Waals surface area contributed by atoms with Crippen LogP contribution in [0.4, 0.5) is 29.3 Å². The second kappa shape index (κ2) is 9.08. The predicted molar refractivity (Wildman–Crippen MR) is 119 cm³/mol. The molecular weight excluding hydrogens is 491 g/mol. The molecule has 4 rings (SSSR count). The third kappa shape index (κ3) is 5.05. The summed E-state index contributed by atoms with van der Waals surface area (Å²) in [4.78, 5) is 16.6. The first kappa shape index (κ1) is 22.6. The highest BCUT2D eigenvalue weighted by molar-refractivity contribution is 9.10. The van der Waals surface area contributed by atoms with Crippen molar-refractivity contribution in [2.45, 2.75) is 12.7 Å². The summed E-state index contributed by atoms with van der Waals surface area (Å²) < 4.78 is 47.1. The van der Waals surface area contributed by atoms with Gasteiger partial charge in [0.15, 0.2) is 5.58 Å². The first-order chi connectivity index (χ1) is 15.2. The second-order valence-electron chi connectivity index (χ2n) is 7.69. The van der Waals surface area contributed by atoms with Gasteiger partial charge in [-0.2, -0.15) is 13.2 Å². The molecule has 0 unspecified atom stereocenters. The number of carbonyl (C=O) groups excluding carboxylic acids is 1. The Morgan fingerprint density at radius 1 is 1.16 bits per heavy atom. The number of anilines is 2. The van der Waals surface area contributed by atoms with Crippen LogP contribution in [0.25, 0.3) is 11.0 Å². The first-order valence-electron chi connectivity index (χ1n) is 9.92. The number of halogens is 4. The molecule has 2 heterocycles. The molecule has 1 aliphatic rings. The van der Waals surface area contributed by atoms with Gasteiger partial charge in [-0.05, 0) is 52.8 Å². The number of carbonyl (C=O) groups is 1.